The topological polar surface area (TPSA) is 128 Å². The second-order valence-electron chi connectivity index (χ2n) is 9.25. The number of ether oxygens (including phenoxy) is 1. The first-order chi connectivity index (χ1) is 18.6. The number of fused-ring (bicyclic) bond motifs is 1. The molecule has 1 saturated carbocycles. The molecule has 0 amide bonds. The van der Waals surface area contributed by atoms with Crippen LogP contribution < -0.4 is 11.1 Å². The third-order valence-corrected chi connectivity index (χ3v) is 6.94. The summed E-state index contributed by atoms with van der Waals surface area (Å²) in [6, 6.07) is 18.0. The Morgan fingerprint density at radius 1 is 1.13 bits per heavy atom. The number of carbonyl (C=O) groups is 1. The molecule has 4 atom stereocenters. The van der Waals surface area contributed by atoms with E-state index in [-0.39, 0.29) is 23.3 Å². The minimum Gasteiger partial charge on any atom is -0.451 e. The molecule has 0 radical (unpaired) electrons. The summed E-state index contributed by atoms with van der Waals surface area (Å²) in [5.41, 5.74) is 8.70. The number of aliphatic hydroxyl groups is 1. The molecule has 9 nitrogen and oxygen atoms in total. The number of hydrogen-bond donors (Lipinski definition) is 3. The highest BCUT2D eigenvalue weighted by Gasteiger charge is 2.49. The summed E-state index contributed by atoms with van der Waals surface area (Å²) in [4.78, 5) is 24.3. The van der Waals surface area contributed by atoms with E-state index in [1.165, 1.54) is 10.9 Å². The van der Waals surface area contributed by atoms with E-state index in [0.29, 0.717) is 17.9 Å². The van der Waals surface area contributed by atoms with Crippen LogP contribution in [0.2, 0.25) is 5.28 Å². The number of rotatable bonds is 7. The highest BCUT2D eigenvalue weighted by Crippen LogP contribution is 2.36. The molecule has 1 aliphatic rings. The van der Waals surface area contributed by atoms with Crippen molar-refractivity contribution in [2.45, 2.75) is 42.8 Å². The van der Waals surface area contributed by atoms with Crippen molar-refractivity contribution in [1.82, 2.24) is 19.5 Å². The highest BCUT2D eigenvalue weighted by molar-refractivity contribution is 6.28. The van der Waals surface area contributed by atoms with Crippen LogP contribution in [0.5, 0.6) is 0 Å². The fourth-order valence-electron chi connectivity index (χ4n) is 4.90. The van der Waals surface area contributed by atoms with Gasteiger partial charge in [0.2, 0.25) is 5.28 Å². The lowest BCUT2D eigenvalue weighted by Crippen LogP contribution is -2.43. The lowest BCUT2D eigenvalue weighted by Gasteiger charge is -2.22. The van der Waals surface area contributed by atoms with E-state index in [9.17, 15) is 23.1 Å². The number of imidazole rings is 1. The predicted octanol–water partition coefficient (Wildman–Crippen LogP) is 3.83. The molecule has 0 unspecified atom stereocenters. The van der Waals surface area contributed by atoms with E-state index in [1.807, 2.05) is 60.7 Å². The van der Waals surface area contributed by atoms with Gasteiger partial charge in [-0.25, -0.2) is 9.78 Å². The first kappa shape index (κ1) is 26.9. The number of halogens is 4. The smallest absolute Gasteiger partial charge is 0.451 e. The van der Waals surface area contributed by atoms with E-state index in [1.54, 1.807) is 0 Å². The Morgan fingerprint density at radius 2 is 1.74 bits per heavy atom. The van der Waals surface area contributed by atoms with Crippen LogP contribution in [-0.2, 0) is 9.53 Å². The molecule has 2 aromatic carbocycles. The standard InChI is InChI=1S/C26H24ClF3N6O3/c27-25-34-22(32-12-16(14-7-3-1-4-8-14)15-9-5-2-6-10-15)19-23(35-25)36(13-33-19)18-11-17(31)21(20(18)37)39-24(38)26(28,29)30/h1-10,13,16-18,20-21,37H,11-12,31H2,(H,32,34,35)/t17-,18+,20-,21+/m0/s1. The van der Waals surface area contributed by atoms with Gasteiger partial charge in [-0.2, -0.15) is 23.1 Å². The Morgan fingerprint density at radius 3 is 2.33 bits per heavy atom. The molecule has 13 heteroatoms. The first-order valence-electron chi connectivity index (χ1n) is 12.1. The van der Waals surface area contributed by atoms with Crippen LogP contribution in [0.4, 0.5) is 19.0 Å². The second-order valence-corrected chi connectivity index (χ2v) is 9.58. The van der Waals surface area contributed by atoms with Crippen LogP contribution >= 0.6 is 11.6 Å². The molecule has 0 spiro atoms. The number of alkyl halides is 3. The van der Waals surface area contributed by atoms with Gasteiger partial charge in [0.1, 0.15) is 12.2 Å². The Bertz CT molecular complexity index is 1410. The van der Waals surface area contributed by atoms with E-state index in [4.69, 9.17) is 17.3 Å². The molecule has 2 heterocycles. The molecule has 0 saturated heterocycles. The zero-order chi connectivity index (χ0) is 27.7. The van der Waals surface area contributed by atoms with Gasteiger partial charge < -0.3 is 25.5 Å². The third kappa shape index (κ3) is 5.54. The second kappa shape index (κ2) is 10.8. The van der Waals surface area contributed by atoms with Gasteiger partial charge in [-0.15, -0.1) is 0 Å². The molecular formula is C26H24ClF3N6O3. The normalized spacial score (nSPS) is 21.4. The van der Waals surface area contributed by atoms with Gasteiger partial charge in [0.25, 0.3) is 0 Å². The summed E-state index contributed by atoms with van der Waals surface area (Å²) in [6.45, 7) is 0.440. The van der Waals surface area contributed by atoms with Gasteiger partial charge in [-0.05, 0) is 29.1 Å². The Labute approximate surface area is 225 Å². The molecule has 4 N–H and O–H groups in total. The largest absolute Gasteiger partial charge is 0.490 e. The summed E-state index contributed by atoms with van der Waals surface area (Å²) in [7, 11) is 0. The number of benzene rings is 2. The Kier molecular flexibility index (Phi) is 7.43. The minimum absolute atomic E-state index is 0.0108. The molecule has 1 aliphatic carbocycles. The summed E-state index contributed by atoms with van der Waals surface area (Å²) < 4.78 is 44.1. The highest BCUT2D eigenvalue weighted by atomic mass is 35.5. The molecule has 204 valence electrons. The van der Waals surface area contributed by atoms with Gasteiger partial charge in [0.05, 0.1) is 12.4 Å². The third-order valence-electron chi connectivity index (χ3n) is 6.77. The van der Waals surface area contributed by atoms with Crippen LogP contribution in [0.1, 0.15) is 29.5 Å². The molecular weight excluding hydrogens is 537 g/mol. The number of hydrogen-bond acceptors (Lipinski definition) is 8. The summed E-state index contributed by atoms with van der Waals surface area (Å²) in [5.74, 6) is -2.10. The van der Waals surface area contributed by atoms with Crippen LogP contribution in [0.25, 0.3) is 11.2 Å². The van der Waals surface area contributed by atoms with Crippen molar-refractivity contribution in [2.24, 2.45) is 5.73 Å². The van der Waals surface area contributed by atoms with Crippen molar-refractivity contribution in [1.29, 1.82) is 0 Å². The monoisotopic (exact) mass is 560 g/mol. The van der Waals surface area contributed by atoms with Crippen molar-refractivity contribution < 1.29 is 27.8 Å². The molecule has 4 aromatic rings. The average Bonchev–Trinajstić information content (AvgIpc) is 3.45. The summed E-state index contributed by atoms with van der Waals surface area (Å²) in [5, 5.41) is 14.0. The maximum Gasteiger partial charge on any atom is 0.490 e. The zero-order valence-corrected chi connectivity index (χ0v) is 21.0. The van der Waals surface area contributed by atoms with Gasteiger partial charge in [0.15, 0.2) is 17.0 Å². The zero-order valence-electron chi connectivity index (χ0n) is 20.3. The molecule has 5 rings (SSSR count). The number of nitrogens with zero attached hydrogens (tertiary/aromatic N) is 4. The maximum absolute atomic E-state index is 12.7. The van der Waals surface area contributed by atoms with E-state index >= 15 is 0 Å². The molecule has 0 aliphatic heterocycles. The molecule has 2 aromatic heterocycles. The fourth-order valence-corrected chi connectivity index (χ4v) is 5.07. The van der Waals surface area contributed by atoms with Crippen molar-refractivity contribution in [2.75, 3.05) is 11.9 Å². The fraction of sp³-hybridized carbons (Fsp3) is 0.308. The van der Waals surface area contributed by atoms with Crippen molar-refractivity contribution in [3.05, 3.63) is 83.4 Å². The number of nitrogens with one attached hydrogen (secondary N) is 1. The van der Waals surface area contributed by atoms with Crippen molar-refractivity contribution in [3.8, 4) is 0 Å². The lowest BCUT2D eigenvalue weighted by atomic mass is 9.91. The Balaban J connectivity index is 1.42. The number of anilines is 1. The average molecular weight is 561 g/mol. The van der Waals surface area contributed by atoms with E-state index in [0.717, 1.165) is 11.1 Å². The van der Waals surface area contributed by atoms with Gasteiger partial charge >= 0.3 is 12.1 Å². The molecule has 39 heavy (non-hydrogen) atoms. The minimum atomic E-state index is -5.21. The number of carbonyl (C=O) groups excluding carboxylic acids is 1. The van der Waals surface area contributed by atoms with Crippen LogP contribution in [0.3, 0.4) is 0 Å². The maximum atomic E-state index is 12.7. The van der Waals surface area contributed by atoms with Crippen LogP contribution in [-0.4, -0.2) is 61.6 Å². The number of aliphatic hydroxyl groups excluding tert-OH is 1. The number of aromatic nitrogens is 4. The van der Waals surface area contributed by atoms with Gasteiger partial charge in [0, 0.05) is 18.5 Å². The van der Waals surface area contributed by atoms with E-state index < -0.39 is 36.4 Å². The summed E-state index contributed by atoms with van der Waals surface area (Å²) >= 11 is 6.24. The molecule has 1 fully saturated rings. The van der Waals surface area contributed by atoms with Gasteiger partial charge in [-0.1, -0.05) is 60.7 Å². The SMILES string of the molecule is N[C@H]1C[C@@H](n2cnc3c(NCC(c4ccccc4)c4ccccc4)nc(Cl)nc32)[C@H](O)[C@@H]1OC(=O)C(F)(F)F. The van der Waals surface area contributed by atoms with Crippen LogP contribution in [0.15, 0.2) is 67.0 Å². The Hall–Kier alpha value is -3.74. The van der Waals surface area contributed by atoms with Crippen molar-refractivity contribution >= 4 is 34.6 Å². The van der Waals surface area contributed by atoms with Crippen molar-refractivity contribution in [3.63, 3.8) is 0 Å². The lowest BCUT2D eigenvalue weighted by molar-refractivity contribution is -0.208. The van der Waals surface area contributed by atoms with Gasteiger partial charge in [-0.3, -0.25) is 0 Å². The molecule has 0 bridgehead atoms. The number of esters is 1. The quantitative estimate of drug-likeness (QED) is 0.230. The predicted molar refractivity (Wildman–Crippen MR) is 137 cm³/mol. The van der Waals surface area contributed by atoms with Crippen LogP contribution in [0, 0.1) is 0 Å². The van der Waals surface area contributed by atoms with E-state index in [2.05, 4.69) is 25.0 Å². The summed E-state index contributed by atoms with van der Waals surface area (Å²) in [6.07, 6.45) is -6.92. The number of nitrogens with two attached hydrogens (primary N) is 1. The first-order valence-corrected chi connectivity index (χ1v) is 12.5.